The first kappa shape index (κ1) is 12.6. The van der Waals surface area contributed by atoms with Gasteiger partial charge >= 0.3 is 0 Å². The van der Waals surface area contributed by atoms with E-state index in [1.807, 2.05) is 19.9 Å². The highest BCUT2D eigenvalue weighted by Gasteiger charge is 2.47. The summed E-state index contributed by atoms with van der Waals surface area (Å²) in [6.45, 7) is 3.87. The number of carbonyl (C=O) groups excluding carboxylic acids is 1. The smallest absolute Gasteiger partial charge is 0.251 e. The SMILES string of the molecule is CC1(C)C(O)CC1NC(=O)c1ccc(C#N)cc1. The van der Waals surface area contributed by atoms with Gasteiger partial charge in [-0.05, 0) is 30.7 Å². The lowest BCUT2D eigenvalue weighted by atomic mass is 9.64. The molecule has 1 aromatic rings. The van der Waals surface area contributed by atoms with Crippen LogP contribution in [0.5, 0.6) is 0 Å². The quantitative estimate of drug-likeness (QED) is 0.827. The maximum atomic E-state index is 12.0. The molecule has 2 N–H and O–H groups in total. The summed E-state index contributed by atoms with van der Waals surface area (Å²) < 4.78 is 0. The number of hydrogen-bond acceptors (Lipinski definition) is 3. The van der Waals surface area contributed by atoms with Gasteiger partial charge in [-0.15, -0.1) is 0 Å². The fraction of sp³-hybridized carbons (Fsp3) is 0.429. The van der Waals surface area contributed by atoms with E-state index in [9.17, 15) is 9.90 Å². The highest BCUT2D eigenvalue weighted by Crippen LogP contribution is 2.40. The van der Waals surface area contributed by atoms with E-state index in [-0.39, 0.29) is 23.5 Å². The number of hydrogen-bond donors (Lipinski definition) is 2. The average molecular weight is 244 g/mol. The van der Waals surface area contributed by atoms with Crippen LogP contribution in [0.4, 0.5) is 0 Å². The molecule has 0 aliphatic heterocycles. The summed E-state index contributed by atoms with van der Waals surface area (Å²) in [5.74, 6) is -0.163. The van der Waals surface area contributed by atoms with Crippen molar-refractivity contribution in [3.05, 3.63) is 35.4 Å². The number of nitrogens with zero attached hydrogens (tertiary/aromatic N) is 1. The van der Waals surface area contributed by atoms with Crippen LogP contribution in [-0.4, -0.2) is 23.2 Å². The maximum Gasteiger partial charge on any atom is 0.251 e. The zero-order valence-electron chi connectivity index (χ0n) is 10.5. The summed E-state index contributed by atoms with van der Waals surface area (Å²) in [5, 5.41) is 21.2. The van der Waals surface area contributed by atoms with Gasteiger partial charge in [-0.2, -0.15) is 5.26 Å². The second kappa shape index (κ2) is 4.43. The lowest BCUT2D eigenvalue weighted by Crippen LogP contribution is -2.61. The molecule has 0 saturated heterocycles. The van der Waals surface area contributed by atoms with Crippen molar-refractivity contribution < 1.29 is 9.90 Å². The summed E-state index contributed by atoms with van der Waals surface area (Å²) in [7, 11) is 0. The molecule has 94 valence electrons. The molecule has 18 heavy (non-hydrogen) atoms. The molecule has 0 heterocycles. The van der Waals surface area contributed by atoms with Gasteiger partial charge in [0.25, 0.3) is 5.91 Å². The van der Waals surface area contributed by atoms with Crippen molar-refractivity contribution in [1.82, 2.24) is 5.32 Å². The lowest BCUT2D eigenvalue weighted by molar-refractivity contribution is -0.0689. The van der Waals surface area contributed by atoms with Crippen LogP contribution in [-0.2, 0) is 0 Å². The van der Waals surface area contributed by atoms with Crippen molar-refractivity contribution in [1.29, 1.82) is 5.26 Å². The minimum atomic E-state index is -0.358. The Balaban J connectivity index is 2.03. The van der Waals surface area contributed by atoms with Crippen molar-refractivity contribution in [2.75, 3.05) is 0 Å². The molecule has 2 rings (SSSR count). The van der Waals surface area contributed by atoms with Gasteiger partial charge in [-0.25, -0.2) is 0 Å². The number of aliphatic hydroxyl groups excluding tert-OH is 1. The predicted octanol–water partition coefficient (Wildman–Crippen LogP) is 1.45. The van der Waals surface area contributed by atoms with E-state index < -0.39 is 0 Å². The van der Waals surface area contributed by atoms with E-state index in [4.69, 9.17) is 5.26 Å². The van der Waals surface area contributed by atoms with Crippen molar-refractivity contribution >= 4 is 5.91 Å². The number of carbonyl (C=O) groups is 1. The van der Waals surface area contributed by atoms with Crippen molar-refractivity contribution in [3.8, 4) is 6.07 Å². The molecule has 1 saturated carbocycles. The second-order valence-corrected chi connectivity index (χ2v) is 5.29. The first-order valence-electron chi connectivity index (χ1n) is 5.94. The van der Waals surface area contributed by atoms with Crippen molar-refractivity contribution in [2.24, 2.45) is 5.41 Å². The Morgan fingerprint density at radius 1 is 1.44 bits per heavy atom. The van der Waals surface area contributed by atoms with Crippen LogP contribution in [0, 0.1) is 16.7 Å². The molecule has 1 fully saturated rings. The maximum absolute atomic E-state index is 12.0. The first-order chi connectivity index (χ1) is 8.45. The molecule has 2 atom stereocenters. The van der Waals surface area contributed by atoms with Gasteiger partial charge in [0.15, 0.2) is 0 Å². The zero-order chi connectivity index (χ0) is 13.3. The zero-order valence-corrected chi connectivity index (χ0v) is 10.5. The van der Waals surface area contributed by atoms with E-state index in [1.165, 1.54) is 0 Å². The third-order valence-corrected chi connectivity index (χ3v) is 3.80. The Morgan fingerprint density at radius 3 is 2.50 bits per heavy atom. The summed E-state index contributed by atoms with van der Waals surface area (Å²) in [6.07, 6.45) is 0.235. The number of nitrogens with one attached hydrogen (secondary N) is 1. The van der Waals surface area contributed by atoms with Crippen molar-refractivity contribution in [3.63, 3.8) is 0 Å². The fourth-order valence-electron chi connectivity index (χ4n) is 2.09. The Hall–Kier alpha value is -1.86. The molecule has 4 heteroatoms. The van der Waals surface area contributed by atoms with Crippen LogP contribution in [0.2, 0.25) is 0 Å². The minimum Gasteiger partial charge on any atom is -0.392 e. The molecule has 1 aliphatic rings. The number of rotatable bonds is 2. The lowest BCUT2D eigenvalue weighted by Gasteiger charge is -2.49. The molecule has 4 nitrogen and oxygen atoms in total. The normalized spacial score (nSPS) is 24.8. The summed E-state index contributed by atoms with van der Waals surface area (Å²) in [6, 6.07) is 8.52. The van der Waals surface area contributed by atoms with Crippen LogP contribution < -0.4 is 5.32 Å². The summed E-state index contributed by atoms with van der Waals surface area (Å²) >= 11 is 0. The Kier molecular flexibility index (Phi) is 3.10. The van der Waals surface area contributed by atoms with Crippen LogP contribution in [0.1, 0.15) is 36.2 Å². The minimum absolute atomic E-state index is 0.00403. The van der Waals surface area contributed by atoms with Gasteiger partial charge < -0.3 is 10.4 Å². The standard InChI is InChI=1S/C14H16N2O2/c1-14(2)11(7-12(14)17)16-13(18)10-5-3-9(8-15)4-6-10/h3-6,11-12,17H,7H2,1-2H3,(H,16,18). The third-order valence-electron chi connectivity index (χ3n) is 3.80. The van der Waals surface area contributed by atoms with Crippen LogP contribution in [0.3, 0.4) is 0 Å². The van der Waals surface area contributed by atoms with Crippen LogP contribution in [0.25, 0.3) is 0 Å². The molecule has 0 aromatic heterocycles. The highest BCUT2D eigenvalue weighted by atomic mass is 16.3. The van der Waals surface area contributed by atoms with Crippen molar-refractivity contribution in [2.45, 2.75) is 32.4 Å². The average Bonchev–Trinajstić information content (AvgIpc) is 2.38. The van der Waals surface area contributed by atoms with Gasteiger partial charge in [0.05, 0.1) is 17.7 Å². The van der Waals surface area contributed by atoms with E-state index in [0.717, 1.165) is 0 Å². The molecule has 0 radical (unpaired) electrons. The topological polar surface area (TPSA) is 73.1 Å². The molecule has 0 bridgehead atoms. The van der Waals surface area contributed by atoms with Gasteiger partial charge in [0, 0.05) is 17.0 Å². The molecule has 2 unspecified atom stereocenters. The largest absolute Gasteiger partial charge is 0.392 e. The van der Waals surface area contributed by atoms with E-state index in [1.54, 1.807) is 24.3 Å². The predicted molar refractivity (Wildman–Crippen MR) is 66.8 cm³/mol. The fourth-order valence-corrected chi connectivity index (χ4v) is 2.09. The second-order valence-electron chi connectivity index (χ2n) is 5.29. The van der Waals surface area contributed by atoms with E-state index in [0.29, 0.717) is 17.5 Å². The first-order valence-corrected chi connectivity index (χ1v) is 5.94. The molecular formula is C14H16N2O2. The molecular weight excluding hydrogens is 228 g/mol. The molecule has 0 spiro atoms. The molecule has 1 aromatic carbocycles. The van der Waals surface area contributed by atoms with Crippen LogP contribution in [0.15, 0.2) is 24.3 Å². The van der Waals surface area contributed by atoms with Gasteiger partial charge in [-0.3, -0.25) is 4.79 Å². The van der Waals surface area contributed by atoms with Crippen LogP contribution >= 0.6 is 0 Å². The van der Waals surface area contributed by atoms with Gasteiger partial charge in [0.1, 0.15) is 0 Å². The Labute approximate surface area is 106 Å². The number of nitriles is 1. The van der Waals surface area contributed by atoms with E-state index in [2.05, 4.69) is 5.32 Å². The monoisotopic (exact) mass is 244 g/mol. The van der Waals surface area contributed by atoms with Gasteiger partial charge in [0.2, 0.25) is 0 Å². The third kappa shape index (κ3) is 2.09. The van der Waals surface area contributed by atoms with E-state index >= 15 is 0 Å². The Morgan fingerprint density at radius 2 is 2.06 bits per heavy atom. The highest BCUT2D eigenvalue weighted by molar-refractivity contribution is 5.94. The summed E-state index contributed by atoms with van der Waals surface area (Å²) in [4.78, 5) is 12.0. The van der Waals surface area contributed by atoms with Gasteiger partial charge in [-0.1, -0.05) is 13.8 Å². The number of aliphatic hydroxyl groups is 1. The molecule has 1 amide bonds. The number of benzene rings is 1. The molecule has 1 aliphatic carbocycles. The number of amides is 1. The summed E-state index contributed by atoms with van der Waals surface area (Å²) in [5.41, 5.74) is 0.791. The Bertz CT molecular complexity index is 500.